The highest BCUT2D eigenvalue weighted by atomic mass is 35.5. The van der Waals surface area contributed by atoms with Gasteiger partial charge in [-0.05, 0) is 36.2 Å². The summed E-state index contributed by atoms with van der Waals surface area (Å²) in [7, 11) is 0. The Morgan fingerprint density at radius 2 is 2.10 bits per heavy atom. The fraction of sp³-hybridized carbons (Fsp3) is 0.250. The summed E-state index contributed by atoms with van der Waals surface area (Å²) in [6, 6.07) is 11.9. The third-order valence-corrected chi connectivity index (χ3v) is 3.52. The lowest BCUT2D eigenvalue weighted by atomic mass is 10.1. The maximum atomic E-state index is 6.05. The number of nitrogens with zero attached hydrogens (tertiary/aromatic N) is 3. The van der Waals surface area contributed by atoms with Crippen LogP contribution >= 0.6 is 11.6 Å². The number of aromatic nitrogens is 3. The van der Waals surface area contributed by atoms with Gasteiger partial charge in [-0.1, -0.05) is 30.7 Å². The number of benzene rings is 1. The summed E-state index contributed by atoms with van der Waals surface area (Å²) in [5.41, 5.74) is 3.09. The standard InChI is InChI=1S/C16H16ClN3/c1-2-9-20-15(11-12-5-3-6-13(17)10-12)19-14-7-4-8-18-16(14)20/h3-8,10H,2,9,11H2,1H3. The Kier molecular flexibility index (Phi) is 3.70. The van der Waals surface area contributed by atoms with Gasteiger partial charge < -0.3 is 4.57 Å². The summed E-state index contributed by atoms with van der Waals surface area (Å²) >= 11 is 6.05. The van der Waals surface area contributed by atoms with E-state index in [0.717, 1.165) is 41.4 Å². The normalized spacial score (nSPS) is 11.1. The van der Waals surface area contributed by atoms with Gasteiger partial charge in [-0.2, -0.15) is 0 Å². The number of imidazole rings is 1. The van der Waals surface area contributed by atoms with Gasteiger partial charge in [-0.15, -0.1) is 0 Å². The van der Waals surface area contributed by atoms with E-state index in [1.54, 1.807) is 0 Å². The maximum absolute atomic E-state index is 6.05. The van der Waals surface area contributed by atoms with Gasteiger partial charge in [0.25, 0.3) is 0 Å². The SMILES string of the molecule is CCCn1c(Cc2cccc(Cl)c2)nc2cccnc21. The van der Waals surface area contributed by atoms with Crippen LogP contribution in [0.2, 0.25) is 5.02 Å². The van der Waals surface area contributed by atoms with E-state index in [0.29, 0.717) is 0 Å². The Morgan fingerprint density at radius 1 is 1.20 bits per heavy atom. The first-order valence-corrected chi connectivity index (χ1v) is 7.20. The highest BCUT2D eigenvalue weighted by Gasteiger charge is 2.11. The van der Waals surface area contributed by atoms with Crippen LogP contribution in [-0.2, 0) is 13.0 Å². The molecule has 0 spiro atoms. The second-order valence-corrected chi connectivity index (χ2v) is 5.27. The van der Waals surface area contributed by atoms with Crippen LogP contribution in [0.15, 0.2) is 42.6 Å². The molecule has 0 aliphatic heterocycles. The summed E-state index contributed by atoms with van der Waals surface area (Å²) in [5, 5.41) is 0.763. The molecule has 4 heteroatoms. The quantitative estimate of drug-likeness (QED) is 0.723. The van der Waals surface area contributed by atoms with Gasteiger partial charge in [0.2, 0.25) is 0 Å². The first kappa shape index (κ1) is 13.1. The molecule has 0 fully saturated rings. The number of hydrogen-bond acceptors (Lipinski definition) is 2. The summed E-state index contributed by atoms with van der Waals surface area (Å²) in [6.07, 6.45) is 3.65. The molecule has 0 saturated heterocycles. The molecule has 2 heterocycles. The monoisotopic (exact) mass is 285 g/mol. The molecule has 102 valence electrons. The predicted molar refractivity (Wildman–Crippen MR) is 82.1 cm³/mol. The van der Waals surface area contributed by atoms with Crippen molar-refractivity contribution in [2.75, 3.05) is 0 Å². The smallest absolute Gasteiger partial charge is 0.159 e. The van der Waals surface area contributed by atoms with Crippen LogP contribution in [0.3, 0.4) is 0 Å². The van der Waals surface area contributed by atoms with Gasteiger partial charge in [0.05, 0.1) is 0 Å². The molecule has 3 rings (SSSR count). The topological polar surface area (TPSA) is 30.7 Å². The Bertz CT molecular complexity index is 733. The van der Waals surface area contributed by atoms with Crippen LogP contribution < -0.4 is 0 Å². The van der Waals surface area contributed by atoms with E-state index >= 15 is 0 Å². The summed E-state index contributed by atoms with van der Waals surface area (Å²) < 4.78 is 2.20. The summed E-state index contributed by atoms with van der Waals surface area (Å²) in [6.45, 7) is 3.10. The second-order valence-electron chi connectivity index (χ2n) is 4.83. The third-order valence-electron chi connectivity index (χ3n) is 3.28. The van der Waals surface area contributed by atoms with Crippen molar-refractivity contribution in [1.29, 1.82) is 0 Å². The molecule has 20 heavy (non-hydrogen) atoms. The molecule has 0 aliphatic carbocycles. The molecule has 0 amide bonds. The maximum Gasteiger partial charge on any atom is 0.159 e. The molecule has 0 saturated carbocycles. The number of pyridine rings is 1. The van der Waals surface area contributed by atoms with E-state index in [2.05, 4.69) is 22.5 Å². The van der Waals surface area contributed by atoms with Crippen molar-refractivity contribution in [1.82, 2.24) is 14.5 Å². The zero-order valence-electron chi connectivity index (χ0n) is 11.4. The minimum Gasteiger partial charge on any atom is -0.312 e. The lowest BCUT2D eigenvalue weighted by Gasteiger charge is -2.07. The fourth-order valence-electron chi connectivity index (χ4n) is 2.43. The molecule has 0 unspecified atom stereocenters. The minimum atomic E-state index is 0.763. The lowest BCUT2D eigenvalue weighted by Crippen LogP contribution is -2.05. The average molecular weight is 286 g/mol. The lowest BCUT2D eigenvalue weighted by molar-refractivity contribution is 0.659. The van der Waals surface area contributed by atoms with Crippen molar-refractivity contribution in [2.24, 2.45) is 0 Å². The van der Waals surface area contributed by atoms with Gasteiger partial charge in [-0.3, -0.25) is 0 Å². The van der Waals surface area contributed by atoms with Crippen LogP contribution in [0.5, 0.6) is 0 Å². The Labute approximate surface area is 123 Å². The molecular weight excluding hydrogens is 270 g/mol. The van der Waals surface area contributed by atoms with E-state index in [9.17, 15) is 0 Å². The molecule has 3 aromatic rings. The van der Waals surface area contributed by atoms with Crippen LogP contribution in [-0.4, -0.2) is 14.5 Å². The highest BCUT2D eigenvalue weighted by Crippen LogP contribution is 2.19. The number of aryl methyl sites for hydroxylation is 1. The molecule has 3 nitrogen and oxygen atoms in total. The Morgan fingerprint density at radius 3 is 2.90 bits per heavy atom. The van der Waals surface area contributed by atoms with Crippen LogP contribution in [0.4, 0.5) is 0 Å². The molecule has 0 bridgehead atoms. The average Bonchev–Trinajstić information content (AvgIpc) is 2.77. The van der Waals surface area contributed by atoms with Crippen molar-refractivity contribution < 1.29 is 0 Å². The van der Waals surface area contributed by atoms with Crippen LogP contribution in [0, 0.1) is 0 Å². The molecule has 0 N–H and O–H groups in total. The number of halogens is 1. The molecule has 2 aromatic heterocycles. The molecule has 0 atom stereocenters. The van der Waals surface area contributed by atoms with Gasteiger partial charge in [0.1, 0.15) is 11.3 Å². The number of fused-ring (bicyclic) bond motifs is 1. The van der Waals surface area contributed by atoms with Gasteiger partial charge in [0.15, 0.2) is 5.65 Å². The van der Waals surface area contributed by atoms with E-state index in [1.165, 1.54) is 5.56 Å². The third kappa shape index (κ3) is 2.54. The molecule has 0 radical (unpaired) electrons. The van der Waals surface area contributed by atoms with E-state index in [-0.39, 0.29) is 0 Å². The molecule has 1 aromatic carbocycles. The molecular formula is C16H16ClN3. The fourth-order valence-corrected chi connectivity index (χ4v) is 2.64. The van der Waals surface area contributed by atoms with Crippen molar-refractivity contribution >= 4 is 22.8 Å². The van der Waals surface area contributed by atoms with E-state index in [1.807, 2.05) is 36.5 Å². The summed E-state index contributed by atoms with van der Waals surface area (Å²) in [4.78, 5) is 9.17. The first-order valence-electron chi connectivity index (χ1n) is 6.82. The van der Waals surface area contributed by atoms with E-state index < -0.39 is 0 Å². The number of hydrogen-bond donors (Lipinski definition) is 0. The van der Waals surface area contributed by atoms with Gasteiger partial charge in [-0.25, -0.2) is 9.97 Å². The zero-order chi connectivity index (χ0) is 13.9. The minimum absolute atomic E-state index is 0.763. The highest BCUT2D eigenvalue weighted by molar-refractivity contribution is 6.30. The Hall–Kier alpha value is -1.87. The second kappa shape index (κ2) is 5.63. The zero-order valence-corrected chi connectivity index (χ0v) is 12.1. The first-order chi connectivity index (χ1) is 9.78. The van der Waals surface area contributed by atoms with Crippen molar-refractivity contribution in [3.63, 3.8) is 0 Å². The molecule has 0 aliphatic rings. The largest absolute Gasteiger partial charge is 0.312 e. The Balaban J connectivity index is 2.04. The summed E-state index contributed by atoms with van der Waals surface area (Å²) in [5.74, 6) is 1.04. The van der Waals surface area contributed by atoms with Gasteiger partial charge in [0, 0.05) is 24.2 Å². The van der Waals surface area contributed by atoms with Crippen molar-refractivity contribution in [2.45, 2.75) is 26.3 Å². The van der Waals surface area contributed by atoms with Crippen LogP contribution in [0.25, 0.3) is 11.2 Å². The van der Waals surface area contributed by atoms with Crippen molar-refractivity contribution in [3.05, 3.63) is 59.0 Å². The van der Waals surface area contributed by atoms with Crippen LogP contribution in [0.1, 0.15) is 24.7 Å². The van der Waals surface area contributed by atoms with Crippen molar-refractivity contribution in [3.8, 4) is 0 Å². The van der Waals surface area contributed by atoms with Gasteiger partial charge >= 0.3 is 0 Å². The number of rotatable bonds is 4. The van der Waals surface area contributed by atoms with E-state index in [4.69, 9.17) is 16.6 Å². The predicted octanol–water partition coefficient (Wildman–Crippen LogP) is 4.09.